The number of para-hydroxylation sites is 2. The van der Waals surface area contributed by atoms with E-state index in [2.05, 4.69) is 22.4 Å². The van der Waals surface area contributed by atoms with Crippen molar-refractivity contribution >= 4 is 10.9 Å². The maximum absolute atomic E-state index is 11.1. The van der Waals surface area contributed by atoms with Gasteiger partial charge in [0.1, 0.15) is 5.75 Å². The summed E-state index contributed by atoms with van der Waals surface area (Å²) in [4.78, 5) is 14.4. The van der Waals surface area contributed by atoms with Crippen molar-refractivity contribution in [3.05, 3.63) is 70.8 Å². The summed E-state index contributed by atoms with van der Waals surface area (Å²) in [6, 6.07) is 16.0. The normalized spacial score (nSPS) is 10.7. The number of nitroso groups, excluding NO2 is 1. The summed E-state index contributed by atoms with van der Waals surface area (Å²) in [6.07, 6.45) is 3.81. The summed E-state index contributed by atoms with van der Waals surface area (Å²) in [5.74, 6) is 0.780. The van der Waals surface area contributed by atoms with Crippen LogP contribution in [0, 0.1) is 4.91 Å². The summed E-state index contributed by atoms with van der Waals surface area (Å²) in [6.45, 7) is 1.07. The van der Waals surface area contributed by atoms with E-state index in [-0.39, 0.29) is 0 Å². The number of aromatic amines is 1. The fourth-order valence-electron chi connectivity index (χ4n) is 2.97. The van der Waals surface area contributed by atoms with E-state index in [4.69, 9.17) is 4.74 Å². The van der Waals surface area contributed by atoms with E-state index in [9.17, 15) is 4.91 Å². The highest BCUT2D eigenvalue weighted by atomic mass is 16.5. The van der Waals surface area contributed by atoms with Crippen LogP contribution in [0.15, 0.2) is 60.0 Å². The number of benzene rings is 2. The Morgan fingerprint density at radius 2 is 1.88 bits per heavy atom. The van der Waals surface area contributed by atoms with E-state index >= 15 is 0 Å². The third-order valence-electron chi connectivity index (χ3n) is 4.20. The van der Waals surface area contributed by atoms with E-state index in [1.54, 1.807) is 12.1 Å². The maximum atomic E-state index is 11.1. The van der Waals surface area contributed by atoms with E-state index in [1.165, 1.54) is 10.9 Å². The molecule has 0 aliphatic rings. The van der Waals surface area contributed by atoms with Crippen molar-refractivity contribution < 1.29 is 4.74 Å². The van der Waals surface area contributed by atoms with Crippen LogP contribution in [0.2, 0.25) is 0 Å². The highest BCUT2D eigenvalue weighted by Crippen LogP contribution is 2.21. The van der Waals surface area contributed by atoms with E-state index in [0.717, 1.165) is 29.7 Å². The first kappa shape index (κ1) is 16.1. The number of hydrogen-bond donors (Lipinski definition) is 1. The number of fused-ring (bicyclic) bond motifs is 1. The monoisotopic (exact) mass is 323 g/mol. The van der Waals surface area contributed by atoms with Gasteiger partial charge in [0.15, 0.2) is 0 Å². The van der Waals surface area contributed by atoms with Gasteiger partial charge >= 0.3 is 0 Å². The first-order chi connectivity index (χ1) is 11.8. The molecule has 0 aliphatic carbocycles. The quantitative estimate of drug-likeness (QED) is 0.497. The zero-order valence-electron chi connectivity index (χ0n) is 13.7. The molecular formula is C19H21N3O2. The molecule has 5 nitrogen and oxygen atoms in total. The molecule has 0 bridgehead atoms. The Morgan fingerprint density at radius 1 is 1.08 bits per heavy atom. The smallest absolute Gasteiger partial charge is 0.123 e. The minimum atomic E-state index is 0.460. The van der Waals surface area contributed by atoms with E-state index in [1.807, 2.05) is 42.6 Å². The average molecular weight is 323 g/mol. The molecule has 0 spiro atoms. The van der Waals surface area contributed by atoms with Gasteiger partial charge in [-0.05, 0) is 30.5 Å². The molecule has 3 rings (SSSR count). The van der Waals surface area contributed by atoms with Gasteiger partial charge in [0.05, 0.1) is 18.9 Å². The zero-order valence-corrected chi connectivity index (χ0v) is 13.7. The Hall–Kier alpha value is -2.82. The Bertz CT molecular complexity index is 813. The summed E-state index contributed by atoms with van der Waals surface area (Å²) in [7, 11) is 1.63. The molecule has 1 aromatic heterocycles. The predicted octanol–water partition coefficient (Wildman–Crippen LogP) is 4.29. The molecule has 0 saturated carbocycles. The standard InChI is InChI=1S/C19H21N3O2/c1-24-19-11-5-2-7-16(19)14-22(21-23)12-6-8-15-13-20-18-10-4-3-9-17(15)18/h2-5,7,9-11,13,20H,6,8,12,14H2,1H3. The molecule has 1 heterocycles. The lowest BCUT2D eigenvalue weighted by Gasteiger charge is -2.16. The molecule has 3 aromatic rings. The highest BCUT2D eigenvalue weighted by molar-refractivity contribution is 5.82. The lowest BCUT2D eigenvalue weighted by Crippen LogP contribution is -2.18. The molecule has 124 valence electrons. The van der Waals surface area contributed by atoms with Crippen molar-refractivity contribution in [2.75, 3.05) is 13.7 Å². The number of ether oxygens (including phenoxy) is 1. The van der Waals surface area contributed by atoms with Crippen molar-refractivity contribution in [2.45, 2.75) is 19.4 Å². The molecule has 0 saturated heterocycles. The molecule has 0 fully saturated rings. The van der Waals surface area contributed by atoms with Crippen LogP contribution in [0.5, 0.6) is 5.75 Å². The second kappa shape index (κ2) is 7.64. The highest BCUT2D eigenvalue weighted by Gasteiger charge is 2.09. The van der Waals surface area contributed by atoms with Gasteiger partial charge in [0.2, 0.25) is 0 Å². The molecule has 0 amide bonds. The Labute approximate surface area is 141 Å². The molecule has 0 atom stereocenters. The van der Waals surface area contributed by atoms with E-state index < -0.39 is 0 Å². The largest absolute Gasteiger partial charge is 0.496 e. The van der Waals surface area contributed by atoms with Crippen molar-refractivity contribution in [2.24, 2.45) is 5.29 Å². The minimum Gasteiger partial charge on any atom is -0.496 e. The van der Waals surface area contributed by atoms with Crippen LogP contribution in [-0.4, -0.2) is 23.6 Å². The summed E-state index contributed by atoms with van der Waals surface area (Å²) in [5, 5.41) is 5.95. The SMILES string of the molecule is COc1ccccc1CN(CCCc1c[nH]c2ccccc12)N=O. The number of aromatic nitrogens is 1. The average Bonchev–Trinajstić information content (AvgIpc) is 3.04. The number of H-pyrrole nitrogens is 1. The topological polar surface area (TPSA) is 57.7 Å². The second-order valence-electron chi connectivity index (χ2n) is 5.74. The van der Waals surface area contributed by atoms with Gasteiger partial charge in [0, 0.05) is 29.2 Å². The number of nitrogens with zero attached hydrogens (tertiary/aromatic N) is 2. The Kier molecular flexibility index (Phi) is 5.11. The van der Waals surface area contributed by atoms with Gasteiger partial charge in [-0.25, -0.2) is 0 Å². The van der Waals surface area contributed by atoms with Gasteiger partial charge in [-0.3, -0.25) is 5.01 Å². The van der Waals surface area contributed by atoms with Gasteiger partial charge in [0.25, 0.3) is 0 Å². The van der Waals surface area contributed by atoms with Crippen LogP contribution < -0.4 is 4.74 Å². The Morgan fingerprint density at radius 3 is 2.71 bits per heavy atom. The number of nitrogens with one attached hydrogen (secondary N) is 1. The molecular weight excluding hydrogens is 302 g/mol. The number of aryl methyl sites for hydroxylation is 1. The Balaban J connectivity index is 1.59. The number of methoxy groups -OCH3 is 1. The van der Waals surface area contributed by atoms with Crippen LogP contribution in [0.1, 0.15) is 17.5 Å². The molecule has 0 unspecified atom stereocenters. The van der Waals surface area contributed by atoms with Crippen molar-refractivity contribution in [3.8, 4) is 5.75 Å². The summed E-state index contributed by atoms with van der Waals surface area (Å²) in [5.41, 5.74) is 3.38. The fraction of sp³-hybridized carbons (Fsp3) is 0.263. The van der Waals surface area contributed by atoms with Gasteiger partial charge in [-0.15, -0.1) is 4.91 Å². The third kappa shape index (κ3) is 3.56. The number of hydrogen-bond acceptors (Lipinski definition) is 3. The molecule has 24 heavy (non-hydrogen) atoms. The van der Waals surface area contributed by atoms with Gasteiger partial charge < -0.3 is 9.72 Å². The minimum absolute atomic E-state index is 0.460. The van der Waals surface area contributed by atoms with Crippen LogP contribution in [-0.2, 0) is 13.0 Å². The lowest BCUT2D eigenvalue weighted by molar-refractivity contribution is 0.267. The maximum Gasteiger partial charge on any atom is 0.123 e. The van der Waals surface area contributed by atoms with Gasteiger partial charge in [-0.2, -0.15) is 0 Å². The molecule has 0 aliphatic heterocycles. The molecule has 2 aromatic carbocycles. The van der Waals surface area contributed by atoms with Crippen LogP contribution >= 0.6 is 0 Å². The van der Waals surface area contributed by atoms with Crippen molar-refractivity contribution in [1.29, 1.82) is 0 Å². The van der Waals surface area contributed by atoms with Crippen molar-refractivity contribution in [1.82, 2.24) is 9.99 Å². The summed E-state index contributed by atoms with van der Waals surface area (Å²) >= 11 is 0. The fourth-order valence-corrected chi connectivity index (χ4v) is 2.97. The second-order valence-corrected chi connectivity index (χ2v) is 5.74. The van der Waals surface area contributed by atoms with Crippen LogP contribution in [0.4, 0.5) is 0 Å². The van der Waals surface area contributed by atoms with Crippen LogP contribution in [0.3, 0.4) is 0 Å². The zero-order chi connectivity index (χ0) is 16.8. The van der Waals surface area contributed by atoms with E-state index in [0.29, 0.717) is 13.1 Å². The molecule has 0 radical (unpaired) electrons. The third-order valence-corrected chi connectivity index (χ3v) is 4.20. The first-order valence-corrected chi connectivity index (χ1v) is 8.07. The van der Waals surface area contributed by atoms with Gasteiger partial charge in [-0.1, -0.05) is 36.4 Å². The first-order valence-electron chi connectivity index (χ1n) is 8.07. The molecule has 5 heteroatoms. The van der Waals surface area contributed by atoms with Crippen LogP contribution in [0.25, 0.3) is 10.9 Å². The molecule has 1 N–H and O–H groups in total. The lowest BCUT2D eigenvalue weighted by atomic mass is 10.1. The number of rotatable bonds is 8. The predicted molar refractivity (Wildman–Crippen MR) is 95.8 cm³/mol. The summed E-state index contributed by atoms with van der Waals surface area (Å²) < 4.78 is 5.33. The van der Waals surface area contributed by atoms with Crippen molar-refractivity contribution in [3.63, 3.8) is 0 Å².